The van der Waals surface area contributed by atoms with Gasteiger partial charge < -0.3 is 5.11 Å². The lowest BCUT2D eigenvalue weighted by atomic mass is 10.0. The Morgan fingerprint density at radius 3 is 2.94 bits per heavy atom. The summed E-state index contributed by atoms with van der Waals surface area (Å²) in [4.78, 5) is 10.8. The lowest BCUT2D eigenvalue weighted by Gasteiger charge is -2.06. The van der Waals surface area contributed by atoms with E-state index in [0.717, 1.165) is 5.69 Å². The second-order valence-electron chi connectivity index (χ2n) is 4.18. The predicted octanol–water partition coefficient (Wildman–Crippen LogP) is 1.98. The predicted molar refractivity (Wildman–Crippen MR) is 61.2 cm³/mol. The average molecular weight is 236 g/mol. The Morgan fingerprint density at radius 1 is 1.59 bits per heavy atom. The van der Waals surface area contributed by atoms with Crippen molar-refractivity contribution >= 4 is 16.9 Å². The summed E-state index contributed by atoms with van der Waals surface area (Å²) in [6, 6.07) is 4.34. The molecule has 1 aromatic carbocycles. The largest absolute Gasteiger partial charge is 0.481 e. The van der Waals surface area contributed by atoms with Gasteiger partial charge in [0.05, 0.1) is 11.4 Å². The molecule has 1 N–H and O–H groups in total. The van der Waals surface area contributed by atoms with Gasteiger partial charge >= 0.3 is 5.97 Å². The Morgan fingerprint density at radius 2 is 2.29 bits per heavy atom. The summed E-state index contributed by atoms with van der Waals surface area (Å²) in [5.74, 6) is -1.72. The van der Waals surface area contributed by atoms with Gasteiger partial charge in [-0.3, -0.25) is 9.48 Å². The first-order valence-corrected chi connectivity index (χ1v) is 5.33. The number of aromatic nitrogens is 2. The number of carboxylic acids is 1. The molecule has 0 aliphatic heterocycles. The van der Waals surface area contributed by atoms with E-state index < -0.39 is 11.9 Å². The van der Waals surface area contributed by atoms with Crippen LogP contribution in [0.4, 0.5) is 4.39 Å². The molecule has 17 heavy (non-hydrogen) atoms. The van der Waals surface area contributed by atoms with E-state index in [1.54, 1.807) is 24.7 Å². The summed E-state index contributed by atoms with van der Waals surface area (Å²) < 4.78 is 14.8. The average Bonchev–Trinajstić information content (AvgIpc) is 2.55. The quantitative estimate of drug-likeness (QED) is 0.886. The summed E-state index contributed by atoms with van der Waals surface area (Å²) in [6.07, 6.45) is 0.339. The van der Waals surface area contributed by atoms with E-state index >= 15 is 0 Å². The molecule has 0 fully saturated rings. The zero-order valence-corrected chi connectivity index (χ0v) is 9.64. The number of aliphatic carboxylic acids is 1. The van der Waals surface area contributed by atoms with E-state index in [-0.39, 0.29) is 5.82 Å². The van der Waals surface area contributed by atoms with E-state index in [0.29, 0.717) is 17.3 Å². The second kappa shape index (κ2) is 4.16. The van der Waals surface area contributed by atoms with Gasteiger partial charge in [0.2, 0.25) is 0 Å². The molecule has 2 aromatic rings. The zero-order valence-electron chi connectivity index (χ0n) is 9.64. The first-order chi connectivity index (χ1) is 7.99. The van der Waals surface area contributed by atoms with Crippen molar-refractivity contribution in [3.63, 3.8) is 0 Å². The molecule has 2 rings (SSSR count). The Kier molecular flexibility index (Phi) is 2.83. The molecule has 1 heterocycles. The highest BCUT2D eigenvalue weighted by molar-refractivity contribution is 5.82. The summed E-state index contributed by atoms with van der Waals surface area (Å²) in [5.41, 5.74) is 1.43. The van der Waals surface area contributed by atoms with Crippen LogP contribution in [0.2, 0.25) is 0 Å². The fraction of sp³-hybridized carbons (Fsp3) is 0.333. The molecule has 0 spiro atoms. The third-order valence-electron chi connectivity index (χ3n) is 2.84. The molecule has 5 heteroatoms. The standard InChI is InChI=1S/C12H13FN2O2/c1-7(12(16)17)5-11-9-6-8(13)3-4-10(9)14-15(11)2/h3-4,6-7H,5H2,1-2H3,(H,16,17). The molecular weight excluding hydrogens is 223 g/mol. The van der Waals surface area contributed by atoms with Crippen LogP contribution in [0.3, 0.4) is 0 Å². The van der Waals surface area contributed by atoms with Crippen molar-refractivity contribution in [3.05, 3.63) is 29.7 Å². The maximum absolute atomic E-state index is 13.2. The van der Waals surface area contributed by atoms with Gasteiger partial charge in [-0.05, 0) is 18.2 Å². The molecule has 0 bridgehead atoms. The van der Waals surface area contributed by atoms with Gasteiger partial charge in [0.25, 0.3) is 0 Å². The van der Waals surface area contributed by atoms with E-state index in [1.165, 1.54) is 12.1 Å². The molecule has 0 aliphatic carbocycles. The monoisotopic (exact) mass is 236 g/mol. The minimum atomic E-state index is -0.865. The number of carboxylic acid groups (broad SMARTS) is 1. The molecule has 0 amide bonds. The third-order valence-corrected chi connectivity index (χ3v) is 2.84. The summed E-state index contributed by atoms with van der Waals surface area (Å²) >= 11 is 0. The third kappa shape index (κ3) is 2.13. The Labute approximate surface area is 97.7 Å². The number of aryl methyl sites for hydroxylation is 1. The van der Waals surface area contributed by atoms with E-state index in [9.17, 15) is 9.18 Å². The van der Waals surface area contributed by atoms with Crippen LogP contribution in [0.15, 0.2) is 18.2 Å². The molecule has 0 saturated carbocycles. The van der Waals surface area contributed by atoms with Crippen LogP contribution in [0.25, 0.3) is 10.9 Å². The van der Waals surface area contributed by atoms with Gasteiger partial charge in [-0.2, -0.15) is 5.10 Å². The van der Waals surface area contributed by atoms with Gasteiger partial charge in [0.15, 0.2) is 0 Å². The number of halogens is 1. The minimum absolute atomic E-state index is 0.338. The van der Waals surface area contributed by atoms with Crippen molar-refractivity contribution in [2.45, 2.75) is 13.3 Å². The van der Waals surface area contributed by atoms with E-state index in [1.807, 2.05) is 0 Å². The molecule has 0 saturated heterocycles. The second-order valence-corrected chi connectivity index (χ2v) is 4.18. The first kappa shape index (κ1) is 11.6. The van der Waals surface area contributed by atoms with E-state index in [2.05, 4.69) is 5.10 Å². The number of fused-ring (bicyclic) bond motifs is 1. The maximum Gasteiger partial charge on any atom is 0.306 e. The Bertz CT molecular complexity index is 577. The summed E-state index contributed by atoms with van der Waals surface area (Å²) in [6.45, 7) is 1.63. The van der Waals surface area contributed by atoms with E-state index in [4.69, 9.17) is 5.11 Å². The molecule has 1 atom stereocenters. The zero-order chi connectivity index (χ0) is 12.6. The topological polar surface area (TPSA) is 55.1 Å². The molecule has 1 unspecified atom stereocenters. The fourth-order valence-corrected chi connectivity index (χ4v) is 1.84. The van der Waals surface area contributed by atoms with Gasteiger partial charge in [-0.1, -0.05) is 6.92 Å². The molecule has 4 nitrogen and oxygen atoms in total. The highest BCUT2D eigenvalue weighted by atomic mass is 19.1. The molecule has 0 aliphatic rings. The van der Waals surface area contributed by atoms with Crippen molar-refractivity contribution < 1.29 is 14.3 Å². The van der Waals surface area contributed by atoms with Crippen molar-refractivity contribution in [1.29, 1.82) is 0 Å². The Hall–Kier alpha value is -1.91. The number of hydrogen-bond acceptors (Lipinski definition) is 2. The van der Waals surface area contributed by atoms with Crippen LogP contribution >= 0.6 is 0 Å². The lowest BCUT2D eigenvalue weighted by molar-refractivity contribution is -0.141. The van der Waals surface area contributed by atoms with Gasteiger partial charge in [0, 0.05) is 24.5 Å². The Balaban J connectivity index is 2.48. The molecular formula is C12H13FN2O2. The highest BCUT2D eigenvalue weighted by Gasteiger charge is 2.17. The van der Waals surface area contributed by atoms with Crippen molar-refractivity contribution in [2.24, 2.45) is 13.0 Å². The van der Waals surface area contributed by atoms with Gasteiger partial charge in [-0.15, -0.1) is 0 Å². The normalized spacial score (nSPS) is 12.9. The van der Waals surface area contributed by atoms with Crippen LogP contribution in [0.5, 0.6) is 0 Å². The summed E-state index contributed by atoms with van der Waals surface area (Å²) in [5, 5.41) is 13.8. The number of nitrogens with zero attached hydrogens (tertiary/aromatic N) is 2. The smallest absolute Gasteiger partial charge is 0.306 e. The fourth-order valence-electron chi connectivity index (χ4n) is 1.84. The van der Waals surface area contributed by atoms with Crippen LogP contribution < -0.4 is 0 Å². The SMILES string of the molecule is CC(Cc1c2cc(F)ccc2nn1C)C(=O)O. The molecule has 1 aromatic heterocycles. The van der Waals surface area contributed by atoms with Crippen molar-refractivity contribution in [1.82, 2.24) is 9.78 Å². The maximum atomic E-state index is 13.2. The number of hydrogen-bond donors (Lipinski definition) is 1. The minimum Gasteiger partial charge on any atom is -0.481 e. The number of benzene rings is 1. The van der Waals surface area contributed by atoms with Crippen LogP contribution in [0, 0.1) is 11.7 Å². The van der Waals surface area contributed by atoms with Crippen molar-refractivity contribution in [3.8, 4) is 0 Å². The summed E-state index contributed by atoms with van der Waals surface area (Å²) in [7, 11) is 1.74. The highest BCUT2D eigenvalue weighted by Crippen LogP contribution is 2.21. The van der Waals surface area contributed by atoms with Gasteiger partial charge in [0.1, 0.15) is 5.82 Å². The molecule has 0 radical (unpaired) electrons. The number of rotatable bonds is 3. The van der Waals surface area contributed by atoms with Gasteiger partial charge in [-0.25, -0.2) is 4.39 Å². The number of carbonyl (C=O) groups is 1. The van der Waals surface area contributed by atoms with Crippen LogP contribution in [0.1, 0.15) is 12.6 Å². The lowest BCUT2D eigenvalue weighted by Crippen LogP contribution is -2.14. The molecule has 90 valence electrons. The van der Waals surface area contributed by atoms with Crippen LogP contribution in [-0.4, -0.2) is 20.9 Å². The van der Waals surface area contributed by atoms with Crippen LogP contribution in [-0.2, 0) is 18.3 Å². The first-order valence-electron chi connectivity index (χ1n) is 5.33. The van der Waals surface area contributed by atoms with Crippen molar-refractivity contribution in [2.75, 3.05) is 0 Å².